The molecule has 2 amide bonds. The van der Waals surface area contributed by atoms with Gasteiger partial charge in [-0.25, -0.2) is 8.42 Å². The normalized spacial score (nSPS) is 11.6. The van der Waals surface area contributed by atoms with Gasteiger partial charge in [-0.1, -0.05) is 38.1 Å². The smallest absolute Gasteiger partial charge is 0.267 e. The molecule has 0 atom stereocenters. The van der Waals surface area contributed by atoms with E-state index in [1.165, 1.54) is 39.2 Å². The summed E-state index contributed by atoms with van der Waals surface area (Å²) in [7, 11) is -2.54. The average molecular weight is 577 g/mol. The van der Waals surface area contributed by atoms with Gasteiger partial charge in [0.2, 0.25) is 0 Å². The van der Waals surface area contributed by atoms with Crippen LogP contribution in [0.4, 0.5) is 17.1 Å². The Kier molecular flexibility index (Phi) is 8.20. The predicted octanol–water partition coefficient (Wildman–Crippen LogP) is 5.90. The molecule has 3 N–H and O–H groups in total. The fourth-order valence-electron chi connectivity index (χ4n) is 4.16. The van der Waals surface area contributed by atoms with Crippen molar-refractivity contribution in [3.05, 3.63) is 94.9 Å². The van der Waals surface area contributed by atoms with Crippen LogP contribution in [0.25, 0.3) is 0 Å². The summed E-state index contributed by atoms with van der Waals surface area (Å²) in [5.74, 6) is -0.238. The maximum atomic E-state index is 13.4. The van der Waals surface area contributed by atoms with Crippen LogP contribution in [-0.4, -0.2) is 32.5 Å². The number of sulfonamides is 1. The van der Waals surface area contributed by atoms with E-state index in [1.54, 1.807) is 36.4 Å². The average Bonchev–Trinajstić information content (AvgIpc) is 3.27. The van der Waals surface area contributed by atoms with E-state index in [1.807, 2.05) is 12.1 Å². The lowest BCUT2D eigenvalue weighted by molar-refractivity contribution is 0.102. The molecule has 0 bridgehead atoms. The zero-order chi connectivity index (χ0) is 29.9. The predicted molar refractivity (Wildman–Crippen MR) is 157 cm³/mol. The van der Waals surface area contributed by atoms with Crippen LogP contribution in [0.1, 0.15) is 58.5 Å². The molecule has 0 aliphatic heterocycles. The number of aromatic nitrogens is 1. The number of anilines is 3. The number of hydrogen-bond donors (Lipinski definition) is 3. The zero-order valence-electron chi connectivity index (χ0n) is 23.7. The lowest BCUT2D eigenvalue weighted by Gasteiger charge is -2.19. The topological polar surface area (TPSA) is 140 Å². The molecular formula is C30H32N4O6S. The number of hydrogen-bond acceptors (Lipinski definition) is 7. The Hall–Kier alpha value is -4.64. The first-order valence-electron chi connectivity index (χ1n) is 12.8. The van der Waals surface area contributed by atoms with Crippen LogP contribution < -0.4 is 20.1 Å². The van der Waals surface area contributed by atoms with Crippen LogP contribution >= 0.6 is 0 Å². The third kappa shape index (κ3) is 6.75. The zero-order valence-corrected chi connectivity index (χ0v) is 24.5. The molecule has 0 aliphatic rings. The Morgan fingerprint density at radius 1 is 0.854 bits per heavy atom. The van der Waals surface area contributed by atoms with Gasteiger partial charge in [-0.15, -0.1) is 0 Å². The molecular weight excluding hydrogens is 544 g/mol. The van der Waals surface area contributed by atoms with E-state index < -0.39 is 21.8 Å². The number of carbonyl (C=O) groups excluding carboxylic acids is 2. The first-order valence-corrected chi connectivity index (χ1v) is 14.2. The minimum Gasteiger partial charge on any atom is -0.497 e. The van der Waals surface area contributed by atoms with Gasteiger partial charge in [-0.2, -0.15) is 0 Å². The van der Waals surface area contributed by atoms with Crippen molar-refractivity contribution in [1.29, 1.82) is 0 Å². The first-order chi connectivity index (χ1) is 19.3. The van der Waals surface area contributed by atoms with E-state index in [-0.39, 0.29) is 38.7 Å². The molecule has 10 nitrogen and oxygen atoms in total. The third-order valence-electron chi connectivity index (χ3n) is 6.36. The highest BCUT2D eigenvalue weighted by Gasteiger charge is 2.25. The molecule has 1 heterocycles. The largest absolute Gasteiger partial charge is 0.497 e. The van der Waals surface area contributed by atoms with E-state index in [9.17, 15) is 18.0 Å². The highest BCUT2D eigenvalue weighted by atomic mass is 32.2. The molecule has 214 valence electrons. The Morgan fingerprint density at radius 2 is 1.49 bits per heavy atom. The highest BCUT2D eigenvalue weighted by Crippen LogP contribution is 2.28. The van der Waals surface area contributed by atoms with Crippen molar-refractivity contribution in [3.8, 4) is 5.75 Å². The minimum atomic E-state index is -4.07. The second-order valence-corrected chi connectivity index (χ2v) is 12.1. The van der Waals surface area contributed by atoms with E-state index in [4.69, 9.17) is 9.26 Å². The standard InChI is InChI=1S/C30H32N4O6S/c1-18-27(19(2)40-33-18)41(37,38)34-23-13-16-26(32-28(35)20-7-9-21(10-8-20)30(3,4)5)25(17-23)29(36)31-22-11-14-24(39-6)15-12-22/h7-17,34H,1-6H3,(H,31,36)(H,32,35). The van der Waals surface area contributed by atoms with Crippen molar-refractivity contribution >= 4 is 38.9 Å². The summed E-state index contributed by atoms with van der Waals surface area (Å²) in [5, 5.41) is 9.27. The second kappa shape index (κ2) is 11.5. The molecule has 0 unspecified atom stereocenters. The number of rotatable bonds is 8. The van der Waals surface area contributed by atoms with Gasteiger partial charge in [-0.05, 0) is 79.4 Å². The quantitative estimate of drug-likeness (QED) is 0.237. The van der Waals surface area contributed by atoms with Crippen molar-refractivity contribution < 1.29 is 27.3 Å². The number of aryl methyl sites for hydroxylation is 2. The van der Waals surface area contributed by atoms with Crippen LogP contribution in [0.3, 0.4) is 0 Å². The summed E-state index contributed by atoms with van der Waals surface area (Å²) in [4.78, 5) is 26.5. The molecule has 0 spiro atoms. The SMILES string of the molecule is COc1ccc(NC(=O)c2cc(NS(=O)(=O)c3c(C)noc3C)ccc2NC(=O)c2ccc(C(C)(C)C)cc2)cc1. The molecule has 0 fully saturated rings. The Morgan fingerprint density at radius 3 is 2.05 bits per heavy atom. The summed E-state index contributed by atoms with van der Waals surface area (Å²) in [6, 6.07) is 18.2. The van der Waals surface area contributed by atoms with Crippen LogP contribution in [0, 0.1) is 13.8 Å². The van der Waals surface area contributed by atoms with Crippen molar-refractivity contribution in [2.24, 2.45) is 0 Å². The summed E-state index contributed by atoms with van der Waals surface area (Å²) < 4.78 is 38.8. The summed E-state index contributed by atoms with van der Waals surface area (Å²) in [5.41, 5.74) is 2.43. The number of nitrogens with one attached hydrogen (secondary N) is 3. The van der Waals surface area contributed by atoms with Gasteiger partial charge in [0.25, 0.3) is 21.8 Å². The first kappa shape index (κ1) is 29.3. The van der Waals surface area contributed by atoms with Gasteiger partial charge in [0.15, 0.2) is 10.7 Å². The molecule has 3 aromatic carbocycles. The van der Waals surface area contributed by atoms with Gasteiger partial charge < -0.3 is 19.9 Å². The lowest BCUT2D eigenvalue weighted by atomic mass is 9.86. The number of nitrogens with zero attached hydrogens (tertiary/aromatic N) is 1. The van der Waals surface area contributed by atoms with Gasteiger partial charge in [-0.3, -0.25) is 14.3 Å². The number of benzene rings is 3. The monoisotopic (exact) mass is 576 g/mol. The maximum Gasteiger partial charge on any atom is 0.267 e. The van der Waals surface area contributed by atoms with Crippen LogP contribution in [0.5, 0.6) is 5.75 Å². The number of carbonyl (C=O) groups is 2. The summed E-state index contributed by atoms with van der Waals surface area (Å²) in [6.45, 7) is 9.26. The highest BCUT2D eigenvalue weighted by molar-refractivity contribution is 7.92. The summed E-state index contributed by atoms with van der Waals surface area (Å²) >= 11 is 0. The molecule has 0 saturated heterocycles. The molecule has 0 aliphatic carbocycles. The van der Waals surface area contributed by atoms with E-state index >= 15 is 0 Å². The van der Waals surface area contributed by atoms with Crippen LogP contribution in [-0.2, 0) is 15.4 Å². The molecule has 0 radical (unpaired) electrons. The van der Waals surface area contributed by atoms with Crippen molar-refractivity contribution in [1.82, 2.24) is 5.16 Å². The number of ether oxygens (including phenoxy) is 1. The van der Waals surface area contributed by atoms with E-state index in [0.29, 0.717) is 17.0 Å². The molecule has 4 aromatic rings. The molecule has 1 aromatic heterocycles. The minimum absolute atomic E-state index is 0.0412. The Bertz CT molecular complexity index is 1670. The van der Waals surface area contributed by atoms with Crippen LogP contribution in [0.2, 0.25) is 0 Å². The fraction of sp³-hybridized carbons (Fsp3) is 0.233. The summed E-state index contributed by atoms with van der Waals surface area (Å²) in [6.07, 6.45) is 0. The molecule has 4 rings (SSSR count). The maximum absolute atomic E-state index is 13.4. The molecule has 41 heavy (non-hydrogen) atoms. The van der Waals surface area contributed by atoms with Crippen molar-refractivity contribution in [2.45, 2.75) is 44.9 Å². The lowest BCUT2D eigenvalue weighted by Crippen LogP contribution is -2.20. The van der Waals surface area contributed by atoms with Crippen molar-refractivity contribution in [3.63, 3.8) is 0 Å². The van der Waals surface area contributed by atoms with Gasteiger partial charge >= 0.3 is 0 Å². The Labute approximate surface area is 239 Å². The molecule has 11 heteroatoms. The second-order valence-electron chi connectivity index (χ2n) is 10.5. The Balaban J connectivity index is 1.66. The number of methoxy groups -OCH3 is 1. The molecule has 0 saturated carbocycles. The third-order valence-corrected chi connectivity index (χ3v) is 7.99. The van der Waals surface area contributed by atoms with Gasteiger partial charge in [0.05, 0.1) is 18.4 Å². The fourth-order valence-corrected chi connectivity index (χ4v) is 5.54. The van der Waals surface area contributed by atoms with E-state index in [0.717, 1.165) is 5.56 Å². The number of amides is 2. The van der Waals surface area contributed by atoms with E-state index in [2.05, 4.69) is 41.3 Å². The van der Waals surface area contributed by atoms with Crippen molar-refractivity contribution in [2.75, 3.05) is 22.5 Å². The van der Waals surface area contributed by atoms with Gasteiger partial charge in [0.1, 0.15) is 11.4 Å². The van der Waals surface area contributed by atoms with Crippen LogP contribution in [0.15, 0.2) is 76.1 Å². The van der Waals surface area contributed by atoms with Gasteiger partial charge in [0, 0.05) is 16.9 Å².